The van der Waals surface area contributed by atoms with Crippen LogP contribution in [-0.2, 0) is 17.8 Å². The summed E-state index contributed by atoms with van der Waals surface area (Å²) in [4.78, 5) is 30.0. The number of carbonyl (C=O) groups is 1. The number of alkyl halides is 3. The third kappa shape index (κ3) is 4.50. The number of nitrogens with zero attached hydrogens (tertiary/aromatic N) is 5. The van der Waals surface area contributed by atoms with E-state index in [-0.39, 0.29) is 5.95 Å². The summed E-state index contributed by atoms with van der Waals surface area (Å²) in [6, 6.07) is 3.90. The van der Waals surface area contributed by atoms with Gasteiger partial charge < -0.3 is 4.90 Å². The van der Waals surface area contributed by atoms with E-state index >= 15 is 0 Å². The summed E-state index contributed by atoms with van der Waals surface area (Å²) in [5, 5.41) is 2.17. The van der Waals surface area contributed by atoms with Gasteiger partial charge in [0, 0.05) is 49.2 Å². The second-order valence-corrected chi connectivity index (χ2v) is 7.90. The molecule has 0 aliphatic carbocycles. The number of fused-ring (bicyclic) bond motifs is 1. The van der Waals surface area contributed by atoms with E-state index in [0.29, 0.717) is 36.0 Å². The van der Waals surface area contributed by atoms with Gasteiger partial charge in [-0.05, 0) is 31.0 Å². The van der Waals surface area contributed by atoms with Crippen LogP contribution >= 0.6 is 11.6 Å². The molecule has 0 bridgehead atoms. The summed E-state index contributed by atoms with van der Waals surface area (Å²) >= 11 is 6.40. The van der Waals surface area contributed by atoms with Gasteiger partial charge in [-0.1, -0.05) is 17.7 Å². The summed E-state index contributed by atoms with van der Waals surface area (Å²) in [7, 11) is 0. The van der Waals surface area contributed by atoms with Crippen LogP contribution in [0.4, 0.5) is 24.9 Å². The van der Waals surface area contributed by atoms with Gasteiger partial charge in [0.05, 0.1) is 16.4 Å². The summed E-state index contributed by atoms with van der Waals surface area (Å²) in [5.41, 5.74) is 4.91. The molecular formula is C21H18ClF3N6O. The second-order valence-electron chi connectivity index (χ2n) is 7.49. The average Bonchev–Trinajstić information content (AvgIpc) is 2.73. The maximum atomic E-state index is 12.4. The van der Waals surface area contributed by atoms with Crippen LogP contribution in [-0.4, -0.2) is 38.6 Å². The van der Waals surface area contributed by atoms with Crippen LogP contribution in [0.15, 0.2) is 30.7 Å². The second kappa shape index (κ2) is 8.34. The zero-order valence-corrected chi connectivity index (χ0v) is 17.9. The van der Waals surface area contributed by atoms with Crippen molar-refractivity contribution >= 4 is 29.3 Å². The van der Waals surface area contributed by atoms with Gasteiger partial charge in [0.1, 0.15) is 5.82 Å². The van der Waals surface area contributed by atoms with Crippen molar-refractivity contribution in [3.05, 3.63) is 58.1 Å². The van der Waals surface area contributed by atoms with E-state index in [9.17, 15) is 18.0 Å². The molecule has 0 saturated carbocycles. The van der Waals surface area contributed by atoms with Crippen LogP contribution in [0.5, 0.6) is 0 Å². The van der Waals surface area contributed by atoms with Crippen molar-refractivity contribution in [2.45, 2.75) is 33.0 Å². The average molecular weight is 463 g/mol. The molecule has 3 aromatic rings. The summed E-state index contributed by atoms with van der Waals surface area (Å²) in [5.74, 6) is -1.79. The van der Waals surface area contributed by atoms with E-state index < -0.39 is 12.1 Å². The fraction of sp³-hybridized carbons (Fsp3) is 0.286. The first kappa shape index (κ1) is 21.9. The van der Waals surface area contributed by atoms with E-state index in [4.69, 9.17) is 11.6 Å². The lowest BCUT2D eigenvalue weighted by molar-refractivity contribution is -0.167. The van der Waals surface area contributed by atoms with Crippen LogP contribution in [0.25, 0.3) is 11.3 Å². The highest BCUT2D eigenvalue weighted by Gasteiger charge is 2.39. The minimum Gasteiger partial charge on any atom is -0.352 e. The first-order valence-corrected chi connectivity index (χ1v) is 10.1. The Balaban J connectivity index is 1.57. The number of rotatable bonds is 3. The third-order valence-corrected chi connectivity index (χ3v) is 5.35. The van der Waals surface area contributed by atoms with Gasteiger partial charge in [-0.2, -0.15) is 13.2 Å². The molecule has 1 aliphatic heterocycles. The molecule has 7 nitrogen and oxygen atoms in total. The number of anilines is 2. The lowest BCUT2D eigenvalue weighted by Crippen LogP contribution is -2.33. The maximum Gasteiger partial charge on any atom is 0.471 e. The molecule has 0 saturated heterocycles. The lowest BCUT2D eigenvalue weighted by Gasteiger charge is -2.29. The van der Waals surface area contributed by atoms with Crippen LogP contribution in [0, 0.1) is 13.8 Å². The minimum atomic E-state index is -5.00. The van der Waals surface area contributed by atoms with Crippen molar-refractivity contribution in [2.24, 2.45) is 0 Å². The number of nitrogens with one attached hydrogen (secondary N) is 1. The summed E-state index contributed by atoms with van der Waals surface area (Å²) < 4.78 is 37.3. The Hall–Kier alpha value is -3.27. The zero-order chi connectivity index (χ0) is 23.0. The number of aryl methyl sites for hydroxylation is 2. The number of halogens is 4. The van der Waals surface area contributed by atoms with Gasteiger partial charge >= 0.3 is 12.1 Å². The molecule has 0 spiro atoms. The van der Waals surface area contributed by atoms with Crippen molar-refractivity contribution < 1.29 is 18.0 Å². The monoisotopic (exact) mass is 462 g/mol. The Labute approximate surface area is 186 Å². The molecule has 1 amide bonds. The van der Waals surface area contributed by atoms with Gasteiger partial charge in [-0.3, -0.25) is 15.1 Å². The van der Waals surface area contributed by atoms with E-state index in [1.807, 2.05) is 30.9 Å². The van der Waals surface area contributed by atoms with Crippen LogP contribution in [0.2, 0.25) is 5.02 Å². The van der Waals surface area contributed by atoms with Gasteiger partial charge in [-0.25, -0.2) is 15.0 Å². The molecule has 166 valence electrons. The predicted molar refractivity (Wildman–Crippen MR) is 113 cm³/mol. The molecule has 1 N–H and O–H groups in total. The summed E-state index contributed by atoms with van der Waals surface area (Å²) in [6.07, 6.45) is 0.229. The molecule has 32 heavy (non-hydrogen) atoms. The topological polar surface area (TPSA) is 83.9 Å². The number of hydrogen-bond acceptors (Lipinski definition) is 6. The number of pyridine rings is 2. The SMILES string of the molecule is Cc1cnc(-c2cc(N3CCc4nc(NC(=O)C(F)(F)F)ncc4C3)ncc2Cl)c(C)c1. The highest BCUT2D eigenvalue weighted by Crippen LogP contribution is 2.32. The first-order chi connectivity index (χ1) is 15.1. The number of hydrogen-bond donors (Lipinski definition) is 1. The Bertz CT molecular complexity index is 1200. The quantitative estimate of drug-likeness (QED) is 0.626. The molecule has 0 atom stereocenters. The number of amides is 1. The zero-order valence-electron chi connectivity index (χ0n) is 17.2. The van der Waals surface area contributed by atoms with Gasteiger partial charge in [0.25, 0.3) is 0 Å². The van der Waals surface area contributed by atoms with E-state index in [1.54, 1.807) is 17.7 Å². The van der Waals surface area contributed by atoms with E-state index in [1.165, 1.54) is 6.20 Å². The highest BCUT2D eigenvalue weighted by atomic mass is 35.5. The standard InChI is InChI=1S/C21H18ClF3N6O/c1-11-5-12(2)18(27-7-11)14-6-17(26-9-15(14)22)31-4-3-16-13(10-31)8-28-20(29-16)30-19(32)21(23,24)25/h5-9H,3-4,10H2,1-2H3,(H,28,29,30,32). The molecule has 0 fully saturated rings. The van der Waals surface area contributed by atoms with Gasteiger partial charge in [-0.15, -0.1) is 0 Å². The third-order valence-electron chi connectivity index (χ3n) is 5.05. The highest BCUT2D eigenvalue weighted by molar-refractivity contribution is 6.33. The predicted octanol–water partition coefficient (Wildman–Crippen LogP) is 4.27. The van der Waals surface area contributed by atoms with Crippen LogP contribution < -0.4 is 10.2 Å². The van der Waals surface area contributed by atoms with Crippen LogP contribution in [0.3, 0.4) is 0 Å². The fourth-order valence-corrected chi connectivity index (χ4v) is 3.72. The van der Waals surface area contributed by atoms with E-state index in [2.05, 4.69) is 19.9 Å². The molecule has 0 radical (unpaired) electrons. The van der Waals surface area contributed by atoms with Crippen molar-refractivity contribution in [3.63, 3.8) is 0 Å². The number of aromatic nitrogens is 4. The van der Waals surface area contributed by atoms with Crippen molar-refractivity contribution in [1.29, 1.82) is 0 Å². The van der Waals surface area contributed by atoms with Gasteiger partial charge in [0.15, 0.2) is 0 Å². The Morgan fingerprint density at radius 3 is 2.62 bits per heavy atom. The van der Waals surface area contributed by atoms with E-state index in [0.717, 1.165) is 27.9 Å². The van der Waals surface area contributed by atoms with Crippen molar-refractivity contribution in [1.82, 2.24) is 19.9 Å². The summed E-state index contributed by atoms with van der Waals surface area (Å²) in [6.45, 7) is 4.88. The minimum absolute atomic E-state index is 0.368. The smallest absolute Gasteiger partial charge is 0.352 e. The van der Waals surface area contributed by atoms with Crippen LogP contribution in [0.1, 0.15) is 22.4 Å². The molecule has 11 heteroatoms. The number of carbonyl (C=O) groups excluding carboxylic acids is 1. The maximum absolute atomic E-state index is 12.4. The molecule has 4 rings (SSSR count). The Morgan fingerprint density at radius 1 is 1.12 bits per heavy atom. The fourth-order valence-electron chi connectivity index (χ4n) is 3.52. The Morgan fingerprint density at radius 2 is 1.91 bits per heavy atom. The normalized spacial score (nSPS) is 13.6. The van der Waals surface area contributed by atoms with Crippen molar-refractivity contribution in [3.8, 4) is 11.3 Å². The molecule has 0 aromatic carbocycles. The first-order valence-electron chi connectivity index (χ1n) is 9.69. The lowest BCUT2D eigenvalue weighted by atomic mass is 10.0. The van der Waals surface area contributed by atoms with Gasteiger partial charge in [0.2, 0.25) is 5.95 Å². The molecule has 4 heterocycles. The molecule has 1 aliphatic rings. The van der Waals surface area contributed by atoms with Crippen molar-refractivity contribution in [2.75, 3.05) is 16.8 Å². The Kier molecular flexibility index (Phi) is 5.72. The largest absolute Gasteiger partial charge is 0.471 e. The molecular weight excluding hydrogens is 445 g/mol. The molecule has 3 aromatic heterocycles. The molecule has 0 unspecified atom stereocenters.